The van der Waals surface area contributed by atoms with E-state index in [1.165, 1.54) is 43.2 Å². The van der Waals surface area contributed by atoms with Crippen molar-refractivity contribution in [3.8, 4) is 0 Å². The molecule has 1 aromatic heterocycles. The van der Waals surface area contributed by atoms with Gasteiger partial charge in [-0.15, -0.1) is 0 Å². The number of carbonyl (C=O) groups excluding carboxylic acids is 1. The maximum Gasteiger partial charge on any atom is 0.259 e. The Labute approximate surface area is 180 Å². The number of halogens is 1. The SMILES string of the molecule is O=C(c1c[nH]c2ccc(F)cc2c1=O)N1CCCC2=C[C@H]3C[C@@H](CN4CCCCC34)C21. The van der Waals surface area contributed by atoms with Gasteiger partial charge >= 0.3 is 0 Å². The zero-order valence-corrected chi connectivity index (χ0v) is 17.6. The molecule has 1 N–H and O–H groups in total. The van der Waals surface area contributed by atoms with Crippen molar-refractivity contribution in [2.45, 2.75) is 50.6 Å². The lowest BCUT2D eigenvalue weighted by molar-refractivity contribution is 0.00143. The van der Waals surface area contributed by atoms with Gasteiger partial charge in [0.15, 0.2) is 0 Å². The van der Waals surface area contributed by atoms with Crippen molar-refractivity contribution < 1.29 is 9.18 Å². The first kappa shape index (κ1) is 19.2. The van der Waals surface area contributed by atoms with Gasteiger partial charge < -0.3 is 9.88 Å². The van der Waals surface area contributed by atoms with Crippen LogP contribution in [0, 0.1) is 17.7 Å². The molecule has 4 atom stereocenters. The molecule has 2 bridgehead atoms. The number of rotatable bonds is 1. The maximum atomic E-state index is 13.7. The van der Waals surface area contributed by atoms with E-state index in [9.17, 15) is 14.0 Å². The molecule has 3 saturated heterocycles. The quantitative estimate of drug-likeness (QED) is 0.715. The fraction of sp³-hybridized carbons (Fsp3) is 0.520. The minimum Gasteiger partial charge on any atom is -0.360 e. The highest BCUT2D eigenvalue weighted by molar-refractivity contribution is 5.97. The van der Waals surface area contributed by atoms with Crippen LogP contribution in [0.25, 0.3) is 10.9 Å². The average Bonchev–Trinajstić information content (AvgIpc) is 2.79. The van der Waals surface area contributed by atoms with Gasteiger partial charge in [-0.05, 0) is 68.7 Å². The van der Waals surface area contributed by atoms with Crippen LogP contribution in [0.15, 0.2) is 40.8 Å². The molecule has 2 aromatic rings. The molecule has 162 valence electrons. The molecule has 0 saturated carbocycles. The second kappa shape index (κ2) is 7.30. The number of likely N-dealkylation sites (tertiary alicyclic amines) is 1. The predicted octanol–water partition coefficient (Wildman–Crippen LogP) is 3.70. The molecule has 31 heavy (non-hydrogen) atoms. The summed E-state index contributed by atoms with van der Waals surface area (Å²) in [6, 6.07) is 4.83. The van der Waals surface area contributed by atoms with Gasteiger partial charge in [-0.2, -0.15) is 0 Å². The van der Waals surface area contributed by atoms with E-state index >= 15 is 0 Å². The lowest BCUT2D eigenvalue weighted by atomic mass is 9.68. The smallest absolute Gasteiger partial charge is 0.259 e. The summed E-state index contributed by atoms with van der Waals surface area (Å²) in [5, 5.41) is 0.233. The number of nitrogens with one attached hydrogen (secondary N) is 1. The molecule has 1 aromatic carbocycles. The molecule has 0 radical (unpaired) electrons. The second-order valence-electron chi connectivity index (χ2n) is 9.73. The number of pyridine rings is 1. The summed E-state index contributed by atoms with van der Waals surface area (Å²) < 4.78 is 13.7. The molecule has 3 fully saturated rings. The highest BCUT2D eigenvalue weighted by Gasteiger charge is 2.47. The molecular formula is C25H28FN3O2. The van der Waals surface area contributed by atoms with Gasteiger partial charge in [-0.1, -0.05) is 18.1 Å². The maximum absolute atomic E-state index is 13.7. The second-order valence-corrected chi connectivity index (χ2v) is 9.73. The number of fused-ring (bicyclic) bond motifs is 7. The highest BCUT2D eigenvalue weighted by Crippen LogP contribution is 2.45. The molecule has 6 heteroatoms. The molecule has 2 unspecified atom stereocenters. The molecule has 1 amide bonds. The van der Waals surface area contributed by atoms with Gasteiger partial charge in [0, 0.05) is 36.2 Å². The normalized spacial score (nSPS) is 30.5. The van der Waals surface area contributed by atoms with Crippen molar-refractivity contribution in [2.24, 2.45) is 11.8 Å². The van der Waals surface area contributed by atoms with Crippen molar-refractivity contribution in [3.63, 3.8) is 0 Å². The molecule has 6 rings (SSSR count). The monoisotopic (exact) mass is 421 g/mol. The molecule has 0 spiro atoms. The lowest BCUT2D eigenvalue weighted by Crippen LogP contribution is -2.60. The third-order valence-corrected chi connectivity index (χ3v) is 7.99. The van der Waals surface area contributed by atoms with Crippen LogP contribution in [0.3, 0.4) is 0 Å². The number of piperidine rings is 3. The van der Waals surface area contributed by atoms with Gasteiger partial charge in [-0.3, -0.25) is 14.5 Å². The largest absolute Gasteiger partial charge is 0.360 e. The number of H-pyrrole nitrogens is 1. The Balaban J connectivity index is 1.37. The van der Waals surface area contributed by atoms with E-state index in [4.69, 9.17) is 0 Å². The van der Waals surface area contributed by atoms with Crippen molar-refractivity contribution in [1.82, 2.24) is 14.8 Å². The van der Waals surface area contributed by atoms with E-state index in [2.05, 4.69) is 16.0 Å². The van der Waals surface area contributed by atoms with E-state index in [0.29, 0.717) is 29.9 Å². The number of amides is 1. The van der Waals surface area contributed by atoms with Crippen molar-refractivity contribution in [2.75, 3.05) is 19.6 Å². The summed E-state index contributed by atoms with van der Waals surface area (Å²) in [4.78, 5) is 34.3. The summed E-state index contributed by atoms with van der Waals surface area (Å²) in [6.45, 7) is 2.88. The molecule has 1 aliphatic carbocycles. The number of aromatic amines is 1. The predicted molar refractivity (Wildman–Crippen MR) is 117 cm³/mol. The Bertz CT molecular complexity index is 1140. The molecule has 4 aliphatic rings. The van der Waals surface area contributed by atoms with Crippen LogP contribution in [-0.4, -0.2) is 52.4 Å². The highest BCUT2D eigenvalue weighted by atomic mass is 19.1. The van der Waals surface area contributed by atoms with Crippen LogP contribution in [0.4, 0.5) is 4.39 Å². The van der Waals surface area contributed by atoms with Gasteiger partial charge in [0.05, 0.1) is 6.04 Å². The zero-order valence-electron chi connectivity index (χ0n) is 17.6. The number of carbonyl (C=O) groups is 1. The van der Waals surface area contributed by atoms with Crippen LogP contribution in [-0.2, 0) is 0 Å². The topological polar surface area (TPSA) is 56.4 Å². The average molecular weight is 422 g/mol. The van der Waals surface area contributed by atoms with Gasteiger partial charge in [0.1, 0.15) is 11.4 Å². The lowest BCUT2D eigenvalue weighted by Gasteiger charge is -2.54. The Hall–Kier alpha value is -2.47. The van der Waals surface area contributed by atoms with Gasteiger partial charge in [0.2, 0.25) is 5.43 Å². The third kappa shape index (κ3) is 3.06. The van der Waals surface area contributed by atoms with E-state index in [-0.39, 0.29) is 28.3 Å². The molecular weight excluding hydrogens is 393 g/mol. The molecule has 3 aliphatic heterocycles. The van der Waals surface area contributed by atoms with Crippen LogP contribution >= 0.6 is 0 Å². The Kier molecular flexibility index (Phi) is 4.53. The summed E-state index contributed by atoms with van der Waals surface area (Å²) in [5.41, 5.74) is 1.68. The Morgan fingerprint density at radius 3 is 2.97 bits per heavy atom. The Morgan fingerprint density at radius 1 is 1.16 bits per heavy atom. The summed E-state index contributed by atoms with van der Waals surface area (Å²) in [6.07, 6.45) is 11.0. The Morgan fingerprint density at radius 2 is 2.06 bits per heavy atom. The summed E-state index contributed by atoms with van der Waals surface area (Å²) >= 11 is 0. The fourth-order valence-electron chi connectivity index (χ4n) is 6.71. The van der Waals surface area contributed by atoms with E-state index in [1.54, 1.807) is 6.07 Å². The van der Waals surface area contributed by atoms with Crippen LogP contribution in [0.5, 0.6) is 0 Å². The molecule has 5 nitrogen and oxygen atoms in total. The number of hydrogen-bond donors (Lipinski definition) is 1. The van der Waals surface area contributed by atoms with Crippen molar-refractivity contribution >= 4 is 16.8 Å². The van der Waals surface area contributed by atoms with Gasteiger partial charge in [-0.25, -0.2) is 4.39 Å². The first-order valence-corrected chi connectivity index (χ1v) is 11.7. The van der Waals surface area contributed by atoms with Crippen LogP contribution in [0.2, 0.25) is 0 Å². The minimum absolute atomic E-state index is 0.0861. The number of aromatic nitrogens is 1. The van der Waals surface area contributed by atoms with Crippen LogP contribution in [0.1, 0.15) is 48.9 Å². The summed E-state index contributed by atoms with van der Waals surface area (Å²) in [5.74, 6) is 0.345. The number of nitrogens with zero attached hydrogens (tertiary/aromatic N) is 2. The number of hydrogen-bond acceptors (Lipinski definition) is 3. The fourth-order valence-corrected chi connectivity index (χ4v) is 6.71. The molecule has 4 heterocycles. The zero-order chi connectivity index (χ0) is 21.1. The third-order valence-electron chi connectivity index (χ3n) is 7.99. The van der Waals surface area contributed by atoms with E-state index < -0.39 is 5.82 Å². The first-order chi connectivity index (χ1) is 15.1. The standard InChI is InChI=1S/C25H28FN3O2/c26-18-6-7-21-19(12-18)24(30)20(13-27-21)25(31)29-9-3-4-15-10-16-11-17(23(15)29)14-28-8-2-1-5-22(16)28/h6-7,10,12-13,16-17,22-23H,1-5,8-9,11,14H2,(H,27,30)/t16-,17-,22?,23?/m0/s1. The summed E-state index contributed by atoms with van der Waals surface area (Å²) in [7, 11) is 0. The minimum atomic E-state index is -0.470. The van der Waals surface area contributed by atoms with E-state index in [1.807, 2.05) is 4.90 Å². The number of benzene rings is 1. The van der Waals surface area contributed by atoms with Crippen LogP contribution < -0.4 is 5.43 Å². The first-order valence-electron chi connectivity index (χ1n) is 11.7. The van der Waals surface area contributed by atoms with Crippen molar-refractivity contribution in [3.05, 3.63) is 57.6 Å². The van der Waals surface area contributed by atoms with Crippen molar-refractivity contribution in [1.29, 1.82) is 0 Å². The van der Waals surface area contributed by atoms with Gasteiger partial charge in [0.25, 0.3) is 5.91 Å². The van der Waals surface area contributed by atoms with E-state index in [0.717, 1.165) is 32.4 Å².